The first-order chi connectivity index (χ1) is 13.1. The van der Waals surface area contributed by atoms with Gasteiger partial charge in [0.25, 0.3) is 0 Å². The van der Waals surface area contributed by atoms with Crippen molar-refractivity contribution >= 4 is 39.6 Å². The minimum atomic E-state index is -0.855. The molecule has 0 unspecified atom stereocenters. The number of imidazole rings is 1. The Kier molecular flexibility index (Phi) is 5.00. The third-order valence-corrected chi connectivity index (χ3v) is 5.32. The molecule has 10 heteroatoms. The zero-order valence-electron chi connectivity index (χ0n) is 14.6. The van der Waals surface area contributed by atoms with E-state index in [1.165, 1.54) is 0 Å². The van der Waals surface area contributed by atoms with Crippen molar-refractivity contribution in [3.8, 4) is 11.5 Å². The SMILES string of the molecule is CNCCn1c(Cc2cc3c(cc2I)OCCO3)nc2c(N)nc(F)nc21. The quantitative estimate of drug-likeness (QED) is 0.421. The van der Waals surface area contributed by atoms with Crippen LogP contribution in [0, 0.1) is 9.65 Å². The van der Waals surface area contributed by atoms with Crippen LogP contribution in [-0.4, -0.2) is 46.3 Å². The number of fused-ring (bicyclic) bond motifs is 2. The van der Waals surface area contributed by atoms with Gasteiger partial charge in [-0.1, -0.05) is 0 Å². The van der Waals surface area contributed by atoms with Crippen LogP contribution in [0.2, 0.25) is 0 Å². The van der Waals surface area contributed by atoms with E-state index in [9.17, 15) is 4.39 Å². The average molecular weight is 484 g/mol. The van der Waals surface area contributed by atoms with Gasteiger partial charge in [-0.2, -0.15) is 14.4 Å². The van der Waals surface area contributed by atoms with Crippen LogP contribution in [0.5, 0.6) is 11.5 Å². The summed E-state index contributed by atoms with van der Waals surface area (Å²) in [5, 5.41) is 3.09. The van der Waals surface area contributed by atoms with Gasteiger partial charge >= 0.3 is 6.08 Å². The van der Waals surface area contributed by atoms with E-state index < -0.39 is 6.08 Å². The summed E-state index contributed by atoms with van der Waals surface area (Å²) in [5.74, 6) is 2.25. The average Bonchev–Trinajstić information content (AvgIpc) is 2.98. The number of hydrogen-bond acceptors (Lipinski definition) is 7. The van der Waals surface area contributed by atoms with Crippen LogP contribution in [-0.2, 0) is 13.0 Å². The largest absolute Gasteiger partial charge is 0.486 e. The molecule has 0 fully saturated rings. The number of halogens is 2. The molecular formula is C17H18FIN6O2. The van der Waals surface area contributed by atoms with Gasteiger partial charge in [-0.25, -0.2) is 4.98 Å². The lowest BCUT2D eigenvalue weighted by atomic mass is 10.1. The molecule has 1 aliphatic rings. The zero-order valence-corrected chi connectivity index (χ0v) is 16.8. The molecule has 0 amide bonds. The fourth-order valence-electron chi connectivity index (χ4n) is 3.04. The standard InChI is InChI=1S/C17H18FIN6O2/c1-21-2-3-25-13(22-14-15(20)23-17(18)24-16(14)25)7-9-6-11-12(8-10(9)19)27-5-4-26-11/h6,8,21H,2-5,7H2,1H3,(H2,20,23,24). The second kappa shape index (κ2) is 7.43. The number of nitrogens with two attached hydrogens (primary N) is 1. The van der Waals surface area contributed by atoms with E-state index in [0.29, 0.717) is 43.9 Å². The Morgan fingerprint density at radius 2 is 1.96 bits per heavy atom. The number of likely N-dealkylation sites (N-methyl/N-ethyl adjacent to an activating group) is 1. The van der Waals surface area contributed by atoms with E-state index in [1.807, 2.05) is 23.7 Å². The van der Waals surface area contributed by atoms with Crippen LogP contribution >= 0.6 is 22.6 Å². The van der Waals surface area contributed by atoms with Crippen molar-refractivity contribution in [1.29, 1.82) is 0 Å². The highest BCUT2D eigenvalue weighted by atomic mass is 127. The fourth-order valence-corrected chi connectivity index (χ4v) is 3.67. The molecule has 2 aromatic heterocycles. The lowest BCUT2D eigenvalue weighted by Crippen LogP contribution is -2.18. The second-order valence-electron chi connectivity index (χ2n) is 6.10. The second-order valence-corrected chi connectivity index (χ2v) is 7.26. The van der Waals surface area contributed by atoms with Gasteiger partial charge in [-0.3, -0.25) is 0 Å². The number of ether oxygens (including phenoxy) is 2. The molecule has 0 saturated carbocycles. The highest BCUT2D eigenvalue weighted by molar-refractivity contribution is 14.1. The molecule has 0 radical (unpaired) electrons. The predicted octanol–water partition coefficient (Wildman–Crippen LogP) is 1.73. The van der Waals surface area contributed by atoms with Crippen LogP contribution in [0.4, 0.5) is 10.2 Å². The maximum Gasteiger partial charge on any atom is 0.312 e. The third-order valence-electron chi connectivity index (χ3n) is 4.32. The molecule has 3 heterocycles. The molecule has 1 aromatic carbocycles. The minimum Gasteiger partial charge on any atom is -0.486 e. The molecular weight excluding hydrogens is 466 g/mol. The van der Waals surface area contributed by atoms with Crippen LogP contribution in [0.1, 0.15) is 11.4 Å². The van der Waals surface area contributed by atoms with Crippen LogP contribution in [0.3, 0.4) is 0 Å². The van der Waals surface area contributed by atoms with Crippen molar-refractivity contribution in [3.05, 3.63) is 33.2 Å². The summed E-state index contributed by atoms with van der Waals surface area (Å²) < 4.78 is 27.9. The van der Waals surface area contributed by atoms with E-state index in [-0.39, 0.29) is 5.82 Å². The highest BCUT2D eigenvalue weighted by Crippen LogP contribution is 2.35. The van der Waals surface area contributed by atoms with E-state index in [4.69, 9.17) is 15.2 Å². The number of benzene rings is 1. The van der Waals surface area contributed by atoms with Crippen LogP contribution in [0.25, 0.3) is 11.2 Å². The number of nitrogens with zero attached hydrogens (tertiary/aromatic N) is 4. The molecule has 1 aliphatic heterocycles. The van der Waals surface area contributed by atoms with Gasteiger partial charge < -0.3 is 25.1 Å². The van der Waals surface area contributed by atoms with Crippen LogP contribution < -0.4 is 20.5 Å². The molecule has 8 nitrogen and oxygen atoms in total. The Balaban J connectivity index is 1.78. The number of anilines is 1. The van der Waals surface area contributed by atoms with Crippen molar-refractivity contribution in [2.24, 2.45) is 0 Å². The van der Waals surface area contributed by atoms with Gasteiger partial charge in [0.2, 0.25) is 0 Å². The van der Waals surface area contributed by atoms with Crippen molar-refractivity contribution < 1.29 is 13.9 Å². The lowest BCUT2D eigenvalue weighted by molar-refractivity contribution is 0.171. The molecule has 0 aliphatic carbocycles. The molecule has 0 atom stereocenters. The summed E-state index contributed by atoms with van der Waals surface area (Å²) in [6, 6.07) is 3.92. The van der Waals surface area contributed by atoms with Gasteiger partial charge in [0.05, 0.1) is 0 Å². The summed E-state index contributed by atoms with van der Waals surface area (Å²) in [7, 11) is 1.85. The number of rotatable bonds is 5. The predicted molar refractivity (Wildman–Crippen MR) is 107 cm³/mol. The molecule has 0 bridgehead atoms. The zero-order chi connectivity index (χ0) is 19.0. The molecule has 0 saturated heterocycles. The van der Waals surface area contributed by atoms with Crippen molar-refractivity contribution in [2.45, 2.75) is 13.0 Å². The smallest absolute Gasteiger partial charge is 0.312 e. The first-order valence-corrected chi connectivity index (χ1v) is 9.55. The first-order valence-electron chi connectivity index (χ1n) is 8.47. The fraction of sp³-hybridized carbons (Fsp3) is 0.353. The lowest BCUT2D eigenvalue weighted by Gasteiger charge is -2.20. The number of nitrogens with one attached hydrogen (secondary N) is 1. The molecule has 142 valence electrons. The van der Waals surface area contributed by atoms with Gasteiger partial charge in [0, 0.05) is 23.1 Å². The topological polar surface area (TPSA) is 100 Å². The molecule has 27 heavy (non-hydrogen) atoms. The maximum atomic E-state index is 13.7. The van der Waals surface area contributed by atoms with Crippen molar-refractivity contribution in [1.82, 2.24) is 24.8 Å². The summed E-state index contributed by atoms with van der Waals surface area (Å²) >= 11 is 2.27. The van der Waals surface area contributed by atoms with Crippen LogP contribution in [0.15, 0.2) is 12.1 Å². The Hall–Kier alpha value is -2.21. The summed E-state index contributed by atoms with van der Waals surface area (Å²) in [6.45, 7) is 2.34. The Bertz CT molecular complexity index is 1010. The van der Waals surface area contributed by atoms with E-state index >= 15 is 0 Å². The number of hydrogen-bond donors (Lipinski definition) is 2. The number of nitrogen functional groups attached to an aromatic ring is 1. The van der Waals surface area contributed by atoms with Gasteiger partial charge in [0.1, 0.15) is 19.0 Å². The monoisotopic (exact) mass is 484 g/mol. The van der Waals surface area contributed by atoms with E-state index in [1.54, 1.807) is 0 Å². The molecule has 3 aromatic rings. The highest BCUT2D eigenvalue weighted by Gasteiger charge is 2.20. The summed E-state index contributed by atoms with van der Waals surface area (Å²) in [6.07, 6.45) is -0.332. The normalized spacial score (nSPS) is 13.3. The maximum absolute atomic E-state index is 13.7. The molecule has 4 rings (SSSR count). The van der Waals surface area contributed by atoms with Gasteiger partial charge in [-0.05, 0) is 47.3 Å². The summed E-state index contributed by atoms with van der Waals surface area (Å²) in [4.78, 5) is 12.1. The van der Waals surface area contributed by atoms with Crippen molar-refractivity contribution in [2.75, 3.05) is 32.5 Å². The molecule has 0 spiro atoms. The summed E-state index contributed by atoms with van der Waals surface area (Å²) in [5.41, 5.74) is 7.71. The van der Waals surface area contributed by atoms with E-state index in [2.05, 4.69) is 42.9 Å². The Morgan fingerprint density at radius 1 is 1.22 bits per heavy atom. The van der Waals surface area contributed by atoms with Crippen molar-refractivity contribution in [3.63, 3.8) is 0 Å². The number of aromatic nitrogens is 4. The Labute approximate surface area is 168 Å². The minimum absolute atomic E-state index is 0.0406. The van der Waals surface area contributed by atoms with Gasteiger partial charge in [-0.15, -0.1) is 0 Å². The van der Waals surface area contributed by atoms with Gasteiger partial charge in [0.15, 0.2) is 28.5 Å². The first kappa shape index (κ1) is 18.2. The third kappa shape index (κ3) is 3.50. The van der Waals surface area contributed by atoms with E-state index in [0.717, 1.165) is 26.5 Å². The molecule has 3 N–H and O–H groups in total. The Morgan fingerprint density at radius 3 is 2.70 bits per heavy atom.